The normalized spacial score (nSPS) is 15.1. The Morgan fingerprint density at radius 1 is 1.33 bits per heavy atom. The SMILES string of the molecule is O=C(Nc1ccnnc1)c1ccnn1C1CNC1. The van der Waals surface area contributed by atoms with Crippen molar-refractivity contribution >= 4 is 11.6 Å². The number of carbonyl (C=O) groups excluding carboxylic acids is 1. The average molecular weight is 244 g/mol. The highest BCUT2D eigenvalue weighted by molar-refractivity contribution is 6.02. The lowest BCUT2D eigenvalue weighted by Crippen LogP contribution is -2.45. The van der Waals surface area contributed by atoms with Crippen molar-refractivity contribution in [2.24, 2.45) is 0 Å². The van der Waals surface area contributed by atoms with Crippen LogP contribution in [0.4, 0.5) is 5.69 Å². The number of rotatable bonds is 3. The summed E-state index contributed by atoms with van der Waals surface area (Å²) in [6, 6.07) is 3.66. The van der Waals surface area contributed by atoms with Crippen LogP contribution in [0.3, 0.4) is 0 Å². The van der Waals surface area contributed by atoms with Crippen LogP contribution in [0.15, 0.2) is 30.7 Å². The third-order valence-electron chi connectivity index (χ3n) is 2.85. The molecule has 7 heteroatoms. The van der Waals surface area contributed by atoms with E-state index in [1.54, 1.807) is 23.0 Å². The lowest BCUT2D eigenvalue weighted by atomic mass is 10.2. The molecule has 1 amide bonds. The maximum Gasteiger partial charge on any atom is 0.273 e. The van der Waals surface area contributed by atoms with Gasteiger partial charge in [-0.2, -0.15) is 15.3 Å². The Morgan fingerprint density at radius 2 is 2.22 bits per heavy atom. The highest BCUT2D eigenvalue weighted by Crippen LogP contribution is 2.14. The summed E-state index contributed by atoms with van der Waals surface area (Å²) in [7, 11) is 0. The van der Waals surface area contributed by atoms with Gasteiger partial charge in [-0.25, -0.2) is 0 Å². The molecule has 0 unspecified atom stereocenters. The Bertz CT molecular complexity index is 548. The zero-order valence-corrected chi connectivity index (χ0v) is 9.58. The van der Waals surface area contributed by atoms with Gasteiger partial charge in [0.15, 0.2) is 0 Å². The lowest BCUT2D eigenvalue weighted by molar-refractivity contribution is 0.101. The number of aromatic nitrogens is 4. The molecule has 1 aliphatic rings. The number of hydrogen-bond donors (Lipinski definition) is 2. The molecule has 0 spiro atoms. The molecule has 7 nitrogen and oxygen atoms in total. The molecule has 0 atom stereocenters. The second-order valence-corrected chi connectivity index (χ2v) is 4.06. The van der Waals surface area contributed by atoms with Crippen LogP contribution in [0.5, 0.6) is 0 Å². The summed E-state index contributed by atoms with van der Waals surface area (Å²) in [6.45, 7) is 1.69. The van der Waals surface area contributed by atoms with E-state index in [9.17, 15) is 4.79 Å². The highest BCUT2D eigenvalue weighted by Gasteiger charge is 2.24. The Labute approximate surface area is 103 Å². The van der Waals surface area contributed by atoms with Gasteiger partial charge in [-0.3, -0.25) is 9.48 Å². The van der Waals surface area contributed by atoms with Gasteiger partial charge in [-0.15, -0.1) is 0 Å². The summed E-state index contributed by atoms with van der Waals surface area (Å²) < 4.78 is 1.75. The van der Waals surface area contributed by atoms with Crippen molar-refractivity contribution in [3.05, 3.63) is 36.4 Å². The maximum absolute atomic E-state index is 12.1. The van der Waals surface area contributed by atoms with Gasteiger partial charge in [-0.1, -0.05) is 0 Å². The molecule has 0 bridgehead atoms. The summed E-state index contributed by atoms with van der Waals surface area (Å²) >= 11 is 0. The predicted octanol–water partition coefficient (Wildman–Crippen LogP) is 0.0697. The van der Waals surface area contributed by atoms with Gasteiger partial charge in [0.05, 0.1) is 24.1 Å². The van der Waals surface area contributed by atoms with Crippen LogP contribution >= 0.6 is 0 Å². The van der Waals surface area contributed by atoms with Gasteiger partial charge in [0, 0.05) is 19.3 Å². The van der Waals surface area contributed by atoms with Crippen molar-refractivity contribution in [1.29, 1.82) is 0 Å². The van der Waals surface area contributed by atoms with E-state index in [4.69, 9.17) is 0 Å². The van der Waals surface area contributed by atoms with Crippen LogP contribution in [0.1, 0.15) is 16.5 Å². The van der Waals surface area contributed by atoms with Crippen LogP contribution in [0.25, 0.3) is 0 Å². The van der Waals surface area contributed by atoms with Crippen LogP contribution in [0.2, 0.25) is 0 Å². The zero-order valence-electron chi connectivity index (χ0n) is 9.58. The van der Waals surface area contributed by atoms with E-state index in [0.29, 0.717) is 11.4 Å². The fourth-order valence-corrected chi connectivity index (χ4v) is 1.79. The maximum atomic E-state index is 12.1. The average Bonchev–Trinajstić information content (AvgIpc) is 2.77. The summed E-state index contributed by atoms with van der Waals surface area (Å²) in [5, 5.41) is 17.5. The quantitative estimate of drug-likeness (QED) is 0.798. The van der Waals surface area contributed by atoms with Crippen LogP contribution in [-0.2, 0) is 0 Å². The smallest absolute Gasteiger partial charge is 0.273 e. The van der Waals surface area contributed by atoms with Crippen LogP contribution < -0.4 is 10.6 Å². The lowest BCUT2D eigenvalue weighted by Gasteiger charge is -2.28. The van der Waals surface area contributed by atoms with Gasteiger partial charge in [0.1, 0.15) is 5.69 Å². The summed E-state index contributed by atoms with van der Waals surface area (Å²) in [5.41, 5.74) is 1.17. The monoisotopic (exact) mass is 244 g/mol. The minimum Gasteiger partial charge on any atom is -0.319 e. The first kappa shape index (κ1) is 10.8. The van der Waals surface area contributed by atoms with E-state index >= 15 is 0 Å². The van der Waals surface area contributed by atoms with E-state index in [1.807, 2.05) is 0 Å². The molecule has 92 valence electrons. The van der Waals surface area contributed by atoms with Crippen molar-refractivity contribution in [1.82, 2.24) is 25.3 Å². The van der Waals surface area contributed by atoms with Crippen molar-refractivity contribution in [2.75, 3.05) is 18.4 Å². The third kappa shape index (κ3) is 1.95. The van der Waals surface area contributed by atoms with E-state index in [-0.39, 0.29) is 11.9 Å². The first-order chi connectivity index (χ1) is 8.84. The molecule has 3 heterocycles. The molecule has 1 fully saturated rings. The summed E-state index contributed by atoms with van der Waals surface area (Å²) in [5.74, 6) is -0.188. The van der Waals surface area contributed by atoms with Gasteiger partial charge in [0.2, 0.25) is 0 Å². The van der Waals surface area contributed by atoms with Gasteiger partial charge >= 0.3 is 0 Å². The Hall–Kier alpha value is -2.28. The van der Waals surface area contributed by atoms with Crippen molar-refractivity contribution in [3.63, 3.8) is 0 Å². The third-order valence-corrected chi connectivity index (χ3v) is 2.85. The number of nitrogens with zero attached hydrogens (tertiary/aromatic N) is 4. The van der Waals surface area contributed by atoms with Gasteiger partial charge in [0.25, 0.3) is 5.91 Å². The van der Waals surface area contributed by atoms with Gasteiger partial charge in [-0.05, 0) is 12.1 Å². The number of amides is 1. The number of hydrogen-bond acceptors (Lipinski definition) is 5. The van der Waals surface area contributed by atoms with Crippen molar-refractivity contribution in [3.8, 4) is 0 Å². The molecule has 2 aromatic heterocycles. The molecular weight excluding hydrogens is 232 g/mol. The molecule has 2 N–H and O–H groups in total. The second kappa shape index (κ2) is 4.53. The summed E-state index contributed by atoms with van der Waals surface area (Å²) in [6.07, 6.45) is 4.67. The van der Waals surface area contributed by atoms with E-state index < -0.39 is 0 Å². The Kier molecular flexibility index (Phi) is 2.73. The first-order valence-corrected chi connectivity index (χ1v) is 5.67. The minimum absolute atomic E-state index is 0.188. The molecule has 2 aromatic rings. The number of carbonyl (C=O) groups is 1. The van der Waals surface area contributed by atoms with E-state index in [1.165, 1.54) is 12.4 Å². The molecule has 3 rings (SSSR count). The molecule has 0 aliphatic carbocycles. The highest BCUT2D eigenvalue weighted by atomic mass is 16.2. The second-order valence-electron chi connectivity index (χ2n) is 4.06. The molecule has 18 heavy (non-hydrogen) atoms. The molecule has 1 saturated heterocycles. The first-order valence-electron chi connectivity index (χ1n) is 5.67. The fraction of sp³-hybridized carbons (Fsp3) is 0.273. The zero-order chi connectivity index (χ0) is 12.4. The predicted molar refractivity (Wildman–Crippen MR) is 64.1 cm³/mol. The fourth-order valence-electron chi connectivity index (χ4n) is 1.79. The van der Waals surface area contributed by atoms with E-state index in [0.717, 1.165) is 13.1 Å². The van der Waals surface area contributed by atoms with Crippen LogP contribution in [0, 0.1) is 0 Å². The van der Waals surface area contributed by atoms with Crippen molar-refractivity contribution in [2.45, 2.75) is 6.04 Å². The summed E-state index contributed by atoms with van der Waals surface area (Å²) in [4.78, 5) is 12.1. The number of anilines is 1. The molecule has 0 aromatic carbocycles. The largest absolute Gasteiger partial charge is 0.319 e. The van der Waals surface area contributed by atoms with Crippen molar-refractivity contribution < 1.29 is 4.79 Å². The number of nitrogens with one attached hydrogen (secondary N) is 2. The van der Waals surface area contributed by atoms with E-state index in [2.05, 4.69) is 25.9 Å². The van der Waals surface area contributed by atoms with Crippen LogP contribution in [-0.4, -0.2) is 39.0 Å². The Balaban J connectivity index is 1.78. The minimum atomic E-state index is -0.188. The Morgan fingerprint density at radius 3 is 2.89 bits per heavy atom. The molecule has 1 aliphatic heterocycles. The molecule has 0 radical (unpaired) electrons. The molecule has 0 saturated carbocycles. The standard InChI is InChI=1S/C11H12N6O/c18-11(16-8-1-3-13-14-5-8)10-2-4-15-17(10)9-6-12-7-9/h1-5,9,12H,6-7H2,(H,13,16,18). The molecular formula is C11H12N6O. The van der Waals surface area contributed by atoms with Gasteiger partial charge < -0.3 is 10.6 Å². The topological polar surface area (TPSA) is 84.7 Å².